The lowest BCUT2D eigenvalue weighted by atomic mass is 10.1. The van der Waals surface area contributed by atoms with Crippen LogP contribution in [0.25, 0.3) is 0 Å². The van der Waals surface area contributed by atoms with Crippen molar-refractivity contribution in [1.82, 2.24) is 5.32 Å². The third-order valence-electron chi connectivity index (χ3n) is 2.54. The molecule has 0 saturated carbocycles. The first-order chi connectivity index (χ1) is 9.40. The first kappa shape index (κ1) is 16.1. The van der Waals surface area contributed by atoms with E-state index >= 15 is 0 Å². The molecule has 4 N–H and O–H groups in total. The number of ketones is 1. The van der Waals surface area contributed by atoms with E-state index in [0.717, 1.165) is 0 Å². The number of amides is 1. The molecule has 0 aromatic heterocycles. The molecule has 110 valence electrons. The molecule has 6 heteroatoms. The summed E-state index contributed by atoms with van der Waals surface area (Å²) < 4.78 is 5.38. The van der Waals surface area contributed by atoms with Crippen molar-refractivity contribution in [2.45, 2.75) is 26.0 Å². The fourth-order valence-corrected chi connectivity index (χ4v) is 1.47. The maximum absolute atomic E-state index is 11.3. The lowest BCUT2D eigenvalue weighted by molar-refractivity contribution is -0.114. The number of carbonyl (C=O) groups excluding carboxylic acids is 2. The van der Waals surface area contributed by atoms with Gasteiger partial charge in [0.1, 0.15) is 18.5 Å². The molecule has 0 aliphatic rings. The summed E-state index contributed by atoms with van der Waals surface area (Å²) in [6.45, 7) is 4.56. The number of primary amides is 1. The van der Waals surface area contributed by atoms with E-state index in [2.05, 4.69) is 5.32 Å². The number of aliphatic hydroxyl groups excluding tert-OH is 1. The van der Waals surface area contributed by atoms with Crippen LogP contribution in [0.4, 0.5) is 0 Å². The highest BCUT2D eigenvalue weighted by Crippen LogP contribution is 2.12. The van der Waals surface area contributed by atoms with E-state index < -0.39 is 17.8 Å². The minimum atomic E-state index is -0.992. The molecule has 0 aliphatic heterocycles. The van der Waals surface area contributed by atoms with Crippen molar-refractivity contribution in [2.24, 2.45) is 5.73 Å². The van der Waals surface area contributed by atoms with Gasteiger partial charge < -0.3 is 20.9 Å². The third-order valence-corrected chi connectivity index (χ3v) is 2.54. The molecule has 0 spiro atoms. The van der Waals surface area contributed by atoms with Crippen LogP contribution in [0.5, 0.6) is 5.75 Å². The highest BCUT2D eigenvalue weighted by Gasteiger charge is 2.12. The van der Waals surface area contributed by atoms with Crippen LogP contribution < -0.4 is 15.8 Å². The Labute approximate surface area is 117 Å². The van der Waals surface area contributed by atoms with Crippen LogP contribution in [-0.4, -0.2) is 42.1 Å². The number of hydrogen-bond acceptors (Lipinski definition) is 5. The van der Waals surface area contributed by atoms with Gasteiger partial charge in [0.2, 0.25) is 5.78 Å². The van der Waals surface area contributed by atoms with Gasteiger partial charge in [-0.25, -0.2) is 0 Å². The molecule has 1 amide bonds. The van der Waals surface area contributed by atoms with Gasteiger partial charge in [0.05, 0.1) is 0 Å². The predicted molar refractivity (Wildman–Crippen MR) is 74.6 cm³/mol. The number of aliphatic hydroxyl groups is 1. The van der Waals surface area contributed by atoms with Crippen LogP contribution in [0, 0.1) is 0 Å². The topological polar surface area (TPSA) is 102 Å². The minimum absolute atomic E-state index is 0.142. The fraction of sp³-hybridized carbons (Fsp3) is 0.429. The molecule has 0 fully saturated rings. The van der Waals surface area contributed by atoms with Crippen LogP contribution in [0.3, 0.4) is 0 Å². The molecule has 0 heterocycles. The second-order valence-electron chi connectivity index (χ2n) is 4.75. The van der Waals surface area contributed by atoms with Crippen molar-refractivity contribution in [3.63, 3.8) is 0 Å². The molecule has 0 aliphatic carbocycles. The van der Waals surface area contributed by atoms with E-state index in [1.807, 2.05) is 13.8 Å². The highest BCUT2D eigenvalue weighted by atomic mass is 16.5. The van der Waals surface area contributed by atoms with Crippen molar-refractivity contribution in [1.29, 1.82) is 0 Å². The third kappa shape index (κ3) is 5.38. The Morgan fingerprint density at radius 3 is 2.40 bits per heavy atom. The number of rotatable bonds is 8. The largest absolute Gasteiger partial charge is 0.491 e. The van der Waals surface area contributed by atoms with Gasteiger partial charge in [-0.1, -0.05) is 13.8 Å². The minimum Gasteiger partial charge on any atom is -0.491 e. The van der Waals surface area contributed by atoms with Crippen molar-refractivity contribution in [2.75, 3.05) is 13.2 Å². The van der Waals surface area contributed by atoms with E-state index in [1.54, 1.807) is 12.1 Å². The molecule has 0 saturated heterocycles. The molecule has 1 rings (SSSR count). The number of hydrogen-bond donors (Lipinski definition) is 3. The van der Waals surface area contributed by atoms with E-state index in [4.69, 9.17) is 10.5 Å². The molecule has 1 aromatic rings. The Morgan fingerprint density at radius 2 is 1.90 bits per heavy atom. The monoisotopic (exact) mass is 280 g/mol. The summed E-state index contributed by atoms with van der Waals surface area (Å²) in [6, 6.07) is 6.32. The van der Waals surface area contributed by atoms with Crippen molar-refractivity contribution < 1.29 is 19.4 Å². The van der Waals surface area contributed by atoms with Gasteiger partial charge in [0.15, 0.2) is 0 Å². The molecule has 1 atom stereocenters. The van der Waals surface area contributed by atoms with Crippen LogP contribution in [0.1, 0.15) is 24.2 Å². The Morgan fingerprint density at radius 1 is 1.30 bits per heavy atom. The number of Topliss-reactive ketones (excluding diaryl/α,β-unsaturated/α-hetero) is 1. The van der Waals surface area contributed by atoms with Gasteiger partial charge in [-0.3, -0.25) is 9.59 Å². The first-order valence-electron chi connectivity index (χ1n) is 6.38. The Bertz CT molecular complexity index is 457. The first-order valence-corrected chi connectivity index (χ1v) is 6.38. The Kier molecular flexibility index (Phi) is 6.14. The maximum Gasteiger partial charge on any atom is 0.289 e. The normalized spacial score (nSPS) is 12.2. The fourth-order valence-electron chi connectivity index (χ4n) is 1.47. The Balaban J connectivity index is 2.46. The quantitative estimate of drug-likeness (QED) is 0.463. The van der Waals surface area contributed by atoms with E-state index in [-0.39, 0.29) is 12.2 Å². The predicted octanol–water partition coefficient (Wildman–Crippen LogP) is 0.0923. The smallest absolute Gasteiger partial charge is 0.289 e. The summed E-state index contributed by atoms with van der Waals surface area (Å²) in [4.78, 5) is 22.0. The van der Waals surface area contributed by atoms with Crippen molar-refractivity contribution >= 4 is 11.7 Å². The lowest BCUT2D eigenvalue weighted by Gasteiger charge is -2.15. The Hall–Kier alpha value is -1.92. The van der Waals surface area contributed by atoms with Crippen molar-refractivity contribution in [3.8, 4) is 5.75 Å². The summed E-state index contributed by atoms with van der Waals surface area (Å²) in [5, 5.41) is 12.8. The van der Waals surface area contributed by atoms with E-state index in [0.29, 0.717) is 18.3 Å². The zero-order chi connectivity index (χ0) is 15.1. The molecule has 1 aromatic carbocycles. The average Bonchev–Trinajstić information content (AvgIpc) is 2.42. The zero-order valence-corrected chi connectivity index (χ0v) is 11.6. The number of carbonyl (C=O) groups is 2. The molecular formula is C14H20N2O4. The second-order valence-corrected chi connectivity index (χ2v) is 4.75. The molecule has 6 nitrogen and oxygen atoms in total. The van der Waals surface area contributed by atoms with Gasteiger partial charge in [-0.15, -0.1) is 0 Å². The second kappa shape index (κ2) is 7.62. The summed E-state index contributed by atoms with van der Waals surface area (Å²) in [7, 11) is 0. The highest BCUT2D eigenvalue weighted by molar-refractivity contribution is 6.42. The van der Waals surface area contributed by atoms with E-state index in [9.17, 15) is 14.7 Å². The number of nitrogens with one attached hydrogen (secondary N) is 1. The summed E-state index contributed by atoms with van der Waals surface area (Å²) in [6.07, 6.45) is -0.621. The molecule has 0 radical (unpaired) electrons. The molecule has 20 heavy (non-hydrogen) atoms. The van der Waals surface area contributed by atoms with Gasteiger partial charge in [-0.2, -0.15) is 0 Å². The number of benzene rings is 1. The molecule has 1 unspecified atom stereocenters. The zero-order valence-electron chi connectivity index (χ0n) is 11.6. The summed E-state index contributed by atoms with van der Waals surface area (Å²) in [5.41, 5.74) is 5.12. The molecule has 0 bridgehead atoms. The standard InChI is InChI=1S/C14H20N2O4/c1-9(2)16-7-11(17)8-20-12-5-3-10(4-6-12)13(18)14(15)19/h3-6,9,11,16-17H,7-8H2,1-2H3,(H2,15,19). The van der Waals surface area contributed by atoms with Crippen molar-refractivity contribution in [3.05, 3.63) is 29.8 Å². The van der Waals surface area contributed by atoms with Crippen LogP contribution in [-0.2, 0) is 4.79 Å². The van der Waals surface area contributed by atoms with Crippen LogP contribution >= 0.6 is 0 Å². The van der Waals surface area contributed by atoms with Gasteiger partial charge >= 0.3 is 0 Å². The van der Waals surface area contributed by atoms with Crippen LogP contribution in [0.15, 0.2) is 24.3 Å². The lowest BCUT2D eigenvalue weighted by Crippen LogP contribution is -2.35. The summed E-state index contributed by atoms with van der Waals surface area (Å²) >= 11 is 0. The van der Waals surface area contributed by atoms with Crippen LogP contribution in [0.2, 0.25) is 0 Å². The number of nitrogens with two attached hydrogens (primary N) is 1. The molecular weight excluding hydrogens is 260 g/mol. The number of ether oxygens (including phenoxy) is 1. The average molecular weight is 280 g/mol. The summed E-state index contributed by atoms with van der Waals surface area (Å²) in [5.74, 6) is -1.22. The van der Waals surface area contributed by atoms with Gasteiger partial charge in [0, 0.05) is 18.2 Å². The van der Waals surface area contributed by atoms with Gasteiger partial charge in [0.25, 0.3) is 5.91 Å². The van der Waals surface area contributed by atoms with E-state index in [1.165, 1.54) is 12.1 Å². The SMILES string of the molecule is CC(C)NCC(O)COc1ccc(C(=O)C(N)=O)cc1. The maximum atomic E-state index is 11.3. The van der Waals surface area contributed by atoms with Gasteiger partial charge in [-0.05, 0) is 24.3 Å².